The van der Waals surface area contributed by atoms with Crippen molar-refractivity contribution in [2.24, 2.45) is 76.7 Å². The van der Waals surface area contributed by atoms with Crippen LogP contribution in [0.4, 0.5) is 0 Å². The van der Waals surface area contributed by atoms with Crippen LogP contribution in [0.3, 0.4) is 0 Å². The molecule has 16 unspecified atom stereocenters. The molecule has 0 spiro atoms. The Morgan fingerprint density at radius 1 is 0.391 bits per heavy atom. The number of amides is 14. The smallest absolute Gasteiger partial charge is 0.226 e. The first-order chi connectivity index (χ1) is 61.6. The van der Waals surface area contributed by atoms with Gasteiger partial charge in [-0.25, -0.2) is 0 Å². The summed E-state index contributed by atoms with van der Waals surface area (Å²) < 4.78 is 0. The van der Waals surface area contributed by atoms with Gasteiger partial charge < -0.3 is 117 Å². The second-order valence-corrected chi connectivity index (χ2v) is 37.5. The minimum atomic E-state index is -0.868. The number of benzene rings is 3. The molecule has 3 saturated carbocycles. The molecule has 5 aromatic rings. The number of H-pyrrole nitrogens is 2. The molecule has 14 amide bonds. The number of hydrogen-bond donors (Lipinski definition) is 22. The van der Waals surface area contributed by atoms with Crippen molar-refractivity contribution in [2.75, 3.05) is 78.5 Å². The summed E-state index contributed by atoms with van der Waals surface area (Å²) in [5, 5.41) is 68.0. The number of aromatic nitrogens is 2. The number of nitrogens with one attached hydrogen (secondary N) is 20. The lowest BCUT2D eigenvalue weighted by Crippen LogP contribution is -2.54. The van der Waals surface area contributed by atoms with Crippen molar-refractivity contribution in [1.82, 2.24) is 106 Å². The highest BCUT2D eigenvalue weighted by atomic mass is 16.3. The zero-order chi connectivity index (χ0) is 90.8. The van der Waals surface area contributed by atoms with Crippen LogP contribution in [-0.2, 0) is 86.4 Å². The highest BCUT2D eigenvalue weighted by molar-refractivity contribution is 5.92. The van der Waals surface area contributed by atoms with Crippen molar-refractivity contribution >= 4 is 105 Å². The van der Waals surface area contributed by atoms with Gasteiger partial charge in [0, 0.05) is 175 Å². The van der Waals surface area contributed by atoms with Gasteiger partial charge in [0.25, 0.3) is 0 Å². The Balaban J connectivity index is 0.589. The predicted octanol–water partition coefficient (Wildman–Crippen LogP) is -0.945. The average Bonchev–Trinajstić information content (AvgIpc) is 1.67. The van der Waals surface area contributed by atoms with E-state index in [1.807, 2.05) is 88.6 Å². The topological polar surface area (TPSA) is 533 Å². The number of aromatic hydroxyl groups is 1. The quantitative estimate of drug-likeness (QED) is 0.0225. The number of primary amides is 1. The first-order valence-electron chi connectivity index (χ1n) is 46.1. The summed E-state index contributed by atoms with van der Waals surface area (Å²) in [5.41, 5.74) is 9.83. The van der Waals surface area contributed by atoms with E-state index in [0.717, 1.165) is 39.4 Å². The minimum Gasteiger partial charge on any atom is -0.508 e. The Kier molecular flexibility index (Phi) is 32.7. The predicted molar refractivity (Wildman–Crippen MR) is 477 cm³/mol. The lowest BCUT2D eigenvalue weighted by molar-refractivity contribution is -0.132. The molecule has 3 aliphatic carbocycles. The van der Waals surface area contributed by atoms with Crippen molar-refractivity contribution in [2.45, 2.75) is 204 Å². The number of rotatable bonds is 40. The van der Waals surface area contributed by atoms with Gasteiger partial charge in [0.15, 0.2) is 0 Å². The maximum absolute atomic E-state index is 14.8. The third kappa shape index (κ3) is 24.9. The molecule has 694 valence electrons. The molecular weight excluding hydrogens is 1640 g/mol. The zero-order valence-corrected chi connectivity index (χ0v) is 73.9. The molecule has 7 heterocycles. The van der Waals surface area contributed by atoms with Crippen LogP contribution in [-0.4, -0.2) is 243 Å². The highest BCUT2D eigenvalue weighted by Crippen LogP contribution is 2.32. The van der Waals surface area contributed by atoms with E-state index in [9.17, 15) is 72.2 Å². The van der Waals surface area contributed by atoms with Crippen molar-refractivity contribution in [3.05, 3.63) is 102 Å². The Morgan fingerprint density at radius 3 is 1.23 bits per heavy atom. The van der Waals surface area contributed by atoms with Gasteiger partial charge >= 0.3 is 0 Å². The van der Waals surface area contributed by atoms with Gasteiger partial charge in [-0.1, -0.05) is 95.5 Å². The van der Waals surface area contributed by atoms with Crippen molar-refractivity contribution < 1.29 is 72.2 Å². The number of carbonyl (C=O) groups is 14. The molecule has 8 fully saturated rings. The fraction of sp³-hybridized carbons (Fsp3) is 0.609. The maximum Gasteiger partial charge on any atom is 0.226 e. The molecule has 8 aliphatic rings. The van der Waals surface area contributed by atoms with E-state index in [0.29, 0.717) is 89.4 Å². The summed E-state index contributed by atoms with van der Waals surface area (Å²) in [6.45, 7) is 11.8. The van der Waals surface area contributed by atoms with Crippen LogP contribution in [0.25, 0.3) is 21.8 Å². The monoisotopic (exact) mass is 1770 g/mol. The van der Waals surface area contributed by atoms with Gasteiger partial charge in [-0.3, -0.25) is 67.1 Å². The van der Waals surface area contributed by atoms with E-state index in [1.165, 1.54) is 19.1 Å². The SMILES string of the molecule is CC(=O)NC1CCCC1C(=O)N[C@H](CC(=O)NC1CCCC1C(=O)NC[C@H](CC(C)C)C(=O)NC1CNCC1C(=O)NC1CNCC1C(=O)N[C@H](CC(=O)NC1CCCC1C(=O)NC[C@H](Cc1ccc(O)cc1)C(=O)NC1CNCC1C(=O)NC1CNCC1C(=O)N[C@H](CC(=O)NC1CNCC1C(N)=O)C(C)C)Cc1c[nH]c2ccccc12)Cc1c[nH]c2ccccc12. The molecule has 0 bridgehead atoms. The number of hydrogen-bond acceptors (Lipinski definition) is 20. The molecule has 3 aromatic carbocycles. The number of phenolic OH excluding ortho intramolecular Hbond substituents is 1. The van der Waals surface area contributed by atoms with Crippen molar-refractivity contribution in [3.63, 3.8) is 0 Å². The van der Waals surface area contributed by atoms with E-state index in [2.05, 4.69) is 106 Å². The number of phenols is 1. The van der Waals surface area contributed by atoms with E-state index >= 15 is 0 Å². The van der Waals surface area contributed by atoms with E-state index in [-0.39, 0.29) is 174 Å². The Bertz CT molecular complexity index is 4790. The molecule has 36 heteroatoms. The number of para-hydroxylation sites is 2. The minimum absolute atomic E-state index is 0.00934. The lowest BCUT2D eigenvalue weighted by Gasteiger charge is -2.28. The van der Waals surface area contributed by atoms with Gasteiger partial charge in [-0.05, 0) is 117 Å². The van der Waals surface area contributed by atoms with Crippen LogP contribution >= 0.6 is 0 Å². The summed E-state index contributed by atoms with van der Waals surface area (Å²) in [6, 6.07) is 15.4. The van der Waals surface area contributed by atoms with Crippen LogP contribution in [0, 0.1) is 71.0 Å². The maximum atomic E-state index is 14.8. The third-order valence-electron chi connectivity index (χ3n) is 27.4. The molecule has 21 atom stereocenters. The molecular formula is C92H131N21O15. The lowest BCUT2D eigenvalue weighted by atomic mass is 9.93. The third-order valence-corrected chi connectivity index (χ3v) is 27.4. The Hall–Kier alpha value is -11.1. The summed E-state index contributed by atoms with van der Waals surface area (Å²) in [7, 11) is 0. The van der Waals surface area contributed by atoms with Gasteiger partial charge in [0.1, 0.15) is 5.75 Å². The summed E-state index contributed by atoms with van der Waals surface area (Å²) in [5.74, 6) is -11.8. The standard InChI is InChI=1S/C92H131N21O15/c1-48(2)27-54(36-101-86(122)61-15-10-21-72(61)106-80(116)31-56(29-52-34-99-69-18-8-6-13-59(52)69)104-88(124)63-17-12-20-71(63)103-50(5)114)84(120)110-76-44-96-40-66(76)91(127)112-78-46-95-39-65(78)89(125)105-57(30-53-35-100-70-19-9-7-14-60(53)70)32-81(117)107-73-22-11-16-62(73)87(123)102-37-55(28-51-23-25-58(115)26-24-51)85(121)111-77-45-97-41-67(77)92(128)113-79-47-98-42-68(79)90(126)109-74(49(3)4)33-82(118)108-75-43-94-38-64(75)83(93)119/h6-9,13-14,18-19,23-26,34-35,48-49,54-57,61-68,71-79,94-100,115H,10-12,15-17,20-22,27-33,36-47H2,1-5H3,(H2,93,119)(H,101,122)(H,102,123)(H,103,114)(H,104,124)(H,105,125)(H,106,116)(H,107,117)(H,108,118)(H,109,126)(H,110,120)(H,111,121)(H,112,127)(H,113,128)/t54-,55-,56-,57-,61?,62?,63?,64?,65?,66?,67?,68?,71?,72?,73?,74+,75?,76?,77?,78?,79?/m0/s1. The second-order valence-electron chi connectivity index (χ2n) is 37.5. The Labute approximate surface area is 745 Å². The van der Waals surface area contributed by atoms with Crippen LogP contribution in [0.15, 0.2) is 85.2 Å². The molecule has 5 aliphatic heterocycles. The summed E-state index contributed by atoms with van der Waals surface area (Å²) >= 11 is 0. The van der Waals surface area contributed by atoms with E-state index in [1.54, 1.807) is 12.1 Å². The number of nitrogens with two attached hydrogens (primary N) is 1. The number of fused-ring (bicyclic) bond motifs is 2. The van der Waals surface area contributed by atoms with Crippen LogP contribution < -0.4 is 101 Å². The highest BCUT2D eigenvalue weighted by Gasteiger charge is 2.46. The van der Waals surface area contributed by atoms with Gasteiger partial charge in [-0.15, -0.1) is 0 Å². The average molecular weight is 1770 g/mol. The van der Waals surface area contributed by atoms with Gasteiger partial charge in [-0.2, -0.15) is 0 Å². The molecule has 0 radical (unpaired) electrons. The zero-order valence-electron chi connectivity index (χ0n) is 73.9. The molecule has 2 aromatic heterocycles. The molecule has 36 nitrogen and oxygen atoms in total. The van der Waals surface area contributed by atoms with Gasteiger partial charge in [0.2, 0.25) is 82.7 Å². The van der Waals surface area contributed by atoms with E-state index < -0.39 is 143 Å². The van der Waals surface area contributed by atoms with E-state index in [4.69, 9.17) is 5.73 Å². The Morgan fingerprint density at radius 2 is 0.773 bits per heavy atom. The van der Waals surface area contributed by atoms with Gasteiger partial charge in [0.05, 0.1) is 89.4 Å². The first-order valence-corrected chi connectivity index (χ1v) is 46.1. The summed E-state index contributed by atoms with van der Waals surface area (Å²) in [6.07, 6.45) is 9.97. The fourth-order valence-electron chi connectivity index (χ4n) is 20.4. The summed E-state index contributed by atoms with van der Waals surface area (Å²) in [4.78, 5) is 202. The first kappa shape index (κ1) is 94.5. The van der Waals surface area contributed by atoms with Crippen LogP contribution in [0.5, 0.6) is 5.75 Å². The largest absolute Gasteiger partial charge is 0.508 e. The molecule has 13 rings (SSSR count). The second kappa shape index (κ2) is 44.3. The normalized spacial score (nSPS) is 26.6. The molecule has 128 heavy (non-hydrogen) atoms. The van der Waals surface area contributed by atoms with Crippen molar-refractivity contribution in [1.29, 1.82) is 0 Å². The number of aromatic amines is 2. The molecule has 23 N–H and O–H groups in total. The molecule has 5 saturated heterocycles. The van der Waals surface area contributed by atoms with Crippen molar-refractivity contribution in [3.8, 4) is 5.75 Å². The van der Waals surface area contributed by atoms with Crippen LogP contribution in [0.2, 0.25) is 0 Å². The number of carbonyl (C=O) groups excluding carboxylic acids is 14. The van der Waals surface area contributed by atoms with Crippen LogP contribution in [0.1, 0.15) is 135 Å². The fourth-order valence-corrected chi connectivity index (χ4v) is 20.4.